The molecule has 3 aromatic rings. The molecule has 3 N–H and O–H groups in total. The SMILES string of the molecule is COC(=O)c1ccc(-c2ccc(-c3nnc(CCC(=O)OC(C)C)s3)cc2)c(C(=N)N)c1. The predicted octanol–water partition coefficient (Wildman–Crippen LogP) is 3.83. The van der Waals surface area contributed by atoms with E-state index >= 15 is 0 Å². The minimum Gasteiger partial charge on any atom is -0.465 e. The monoisotopic (exact) mass is 452 g/mol. The normalized spacial score (nSPS) is 10.8. The van der Waals surface area contributed by atoms with E-state index in [1.807, 2.05) is 38.1 Å². The predicted molar refractivity (Wildman–Crippen MR) is 123 cm³/mol. The fraction of sp³-hybridized carbons (Fsp3) is 0.261. The van der Waals surface area contributed by atoms with E-state index in [1.54, 1.807) is 18.2 Å². The van der Waals surface area contributed by atoms with Gasteiger partial charge in [-0.25, -0.2) is 4.79 Å². The standard InChI is InChI=1S/C23H24N4O4S/c1-13(2)31-20(28)11-10-19-26-27-22(32-19)15-6-4-14(5-7-15)17-9-8-16(23(29)30-3)12-18(17)21(24)25/h4-9,12-13H,10-11H2,1-3H3,(H3,24,25). The third-order valence-corrected chi connectivity index (χ3v) is 5.58. The molecule has 0 spiro atoms. The molecular formula is C23H24N4O4S. The van der Waals surface area contributed by atoms with Crippen molar-refractivity contribution in [3.63, 3.8) is 0 Å². The molecule has 0 saturated heterocycles. The Labute approximate surface area is 189 Å². The number of esters is 2. The van der Waals surface area contributed by atoms with Gasteiger partial charge in [0.1, 0.15) is 15.9 Å². The van der Waals surface area contributed by atoms with Gasteiger partial charge in [0, 0.05) is 17.5 Å². The number of nitrogens with one attached hydrogen (secondary N) is 1. The molecular weight excluding hydrogens is 428 g/mol. The molecule has 1 heterocycles. The molecule has 0 unspecified atom stereocenters. The number of methoxy groups -OCH3 is 1. The van der Waals surface area contributed by atoms with Gasteiger partial charge in [-0.1, -0.05) is 41.7 Å². The van der Waals surface area contributed by atoms with Gasteiger partial charge in [-0.05, 0) is 37.1 Å². The van der Waals surface area contributed by atoms with Gasteiger partial charge in [0.05, 0.1) is 25.2 Å². The molecule has 0 bridgehead atoms. The number of benzene rings is 2. The zero-order valence-corrected chi connectivity index (χ0v) is 18.9. The summed E-state index contributed by atoms with van der Waals surface area (Å²) in [5.41, 5.74) is 8.99. The lowest BCUT2D eigenvalue weighted by molar-refractivity contribution is -0.147. The maximum absolute atomic E-state index is 11.8. The van der Waals surface area contributed by atoms with Crippen molar-refractivity contribution < 1.29 is 19.1 Å². The highest BCUT2D eigenvalue weighted by molar-refractivity contribution is 7.14. The van der Waals surface area contributed by atoms with Gasteiger partial charge in [-0.3, -0.25) is 10.2 Å². The molecule has 32 heavy (non-hydrogen) atoms. The van der Waals surface area contributed by atoms with Crippen LogP contribution in [0, 0.1) is 5.41 Å². The van der Waals surface area contributed by atoms with Crippen LogP contribution < -0.4 is 5.73 Å². The van der Waals surface area contributed by atoms with Crippen molar-refractivity contribution in [2.75, 3.05) is 7.11 Å². The van der Waals surface area contributed by atoms with E-state index in [0.29, 0.717) is 17.5 Å². The Balaban J connectivity index is 1.77. The second-order valence-electron chi connectivity index (χ2n) is 7.28. The number of hydrogen-bond donors (Lipinski definition) is 2. The third-order valence-electron chi connectivity index (χ3n) is 4.55. The van der Waals surface area contributed by atoms with Crippen molar-refractivity contribution in [2.45, 2.75) is 32.8 Å². The number of nitrogens with two attached hydrogens (primary N) is 1. The van der Waals surface area contributed by atoms with Crippen LogP contribution in [-0.2, 0) is 20.7 Å². The average Bonchev–Trinajstić information content (AvgIpc) is 3.25. The van der Waals surface area contributed by atoms with Crippen LogP contribution in [0.15, 0.2) is 42.5 Å². The van der Waals surface area contributed by atoms with Gasteiger partial charge < -0.3 is 15.2 Å². The van der Waals surface area contributed by atoms with Crippen molar-refractivity contribution in [2.24, 2.45) is 5.73 Å². The van der Waals surface area contributed by atoms with E-state index in [0.717, 1.165) is 26.7 Å². The largest absolute Gasteiger partial charge is 0.465 e. The van der Waals surface area contributed by atoms with Crippen LogP contribution in [0.25, 0.3) is 21.7 Å². The van der Waals surface area contributed by atoms with Crippen LogP contribution in [0.5, 0.6) is 0 Å². The van der Waals surface area contributed by atoms with Crippen molar-refractivity contribution in [3.8, 4) is 21.7 Å². The van der Waals surface area contributed by atoms with Crippen LogP contribution >= 0.6 is 11.3 Å². The molecule has 0 radical (unpaired) electrons. The van der Waals surface area contributed by atoms with Gasteiger partial charge in [0.25, 0.3) is 0 Å². The number of hydrogen-bond acceptors (Lipinski definition) is 8. The van der Waals surface area contributed by atoms with Gasteiger partial charge in [0.15, 0.2) is 0 Å². The molecule has 0 fully saturated rings. The summed E-state index contributed by atoms with van der Waals surface area (Å²) in [5, 5.41) is 17.8. The topological polar surface area (TPSA) is 128 Å². The summed E-state index contributed by atoms with van der Waals surface area (Å²) in [4.78, 5) is 23.5. The first-order chi connectivity index (χ1) is 15.3. The number of nitrogens with zero attached hydrogens (tertiary/aromatic N) is 2. The molecule has 2 aromatic carbocycles. The summed E-state index contributed by atoms with van der Waals surface area (Å²) < 4.78 is 9.88. The summed E-state index contributed by atoms with van der Waals surface area (Å²) in [5.74, 6) is -0.876. The van der Waals surface area contributed by atoms with Crippen molar-refractivity contribution >= 4 is 29.1 Å². The number of carbonyl (C=O) groups is 2. The molecule has 0 amide bonds. The van der Waals surface area contributed by atoms with E-state index in [1.165, 1.54) is 18.4 Å². The number of rotatable bonds is 8. The summed E-state index contributed by atoms with van der Waals surface area (Å²) >= 11 is 1.43. The molecule has 0 atom stereocenters. The van der Waals surface area contributed by atoms with E-state index in [-0.39, 0.29) is 24.3 Å². The van der Waals surface area contributed by atoms with E-state index in [2.05, 4.69) is 10.2 Å². The highest BCUT2D eigenvalue weighted by atomic mass is 32.1. The molecule has 0 saturated carbocycles. The van der Waals surface area contributed by atoms with Gasteiger partial charge in [0.2, 0.25) is 0 Å². The molecule has 1 aromatic heterocycles. The zero-order chi connectivity index (χ0) is 23.3. The lowest BCUT2D eigenvalue weighted by Gasteiger charge is -2.11. The van der Waals surface area contributed by atoms with E-state index in [9.17, 15) is 9.59 Å². The first-order valence-electron chi connectivity index (χ1n) is 9.98. The van der Waals surface area contributed by atoms with Crippen molar-refractivity contribution in [1.82, 2.24) is 10.2 Å². The lowest BCUT2D eigenvalue weighted by atomic mass is 9.96. The Morgan fingerprint density at radius 2 is 1.78 bits per heavy atom. The van der Waals surface area contributed by atoms with Crippen molar-refractivity contribution in [3.05, 3.63) is 58.6 Å². The van der Waals surface area contributed by atoms with Gasteiger partial charge >= 0.3 is 11.9 Å². The molecule has 0 aliphatic heterocycles. The highest BCUT2D eigenvalue weighted by Gasteiger charge is 2.14. The number of carbonyl (C=O) groups excluding carboxylic acids is 2. The number of amidine groups is 1. The molecule has 3 rings (SSSR count). The third kappa shape index (κ3) is 5.55. The number of aryl methyl sites for hydroxylation is 1. The van der Waals surface area contributed by atoms with Crippen LogP contribution in [-0.4, -0.2) is 41.2 Å². The summed E-state index contributed by atoms with van der Waals surface area (Å²) in [7, 11) is 1.30. The molecule has 0 aliphatic rings. The van der Waals surface area contributed by atoms with Crippen molar-refractivity contribution in [1.29, 1.82) is 5.41 Å². The summed E-state index contributed by atoms with van der Waals surface area (Å²) in [6.07, 6.45) is 0.614. The maximum atomic E-state index is 11.8. The number of ether oxygens (including phenoxy) is 2. The quantitative estimate of drug-likeness (QED) is 0.302. The molecule has 0 aliphatic carbocycles. The maximum Gasteiger partial charge on any atom is 0.337 e. The molecule has 8 nitrogen and oxygen atoms in total. The average molecular weight is 453 g/mol. The van der Waals surface area contributed by atoms with E-state index < -0.39 is 5.97 Å². The Kier molecular flexibility index (Phi) is 7.32. The first-order valence-corrected chi connectivity index (χ1v) is 10.8. The first kappa shape index (κ1) is 23.1. The Bertz CT molecular complexity index is 1140. The van der Waals surface area contributed by atoms with Crippen LogP contribution in [0.2, 0.25) is 0 Å². The number of nitrogen functional groups attached to an aromatic ring is 1. The fourth-order valence-corrected chi connectivity index (χ4v) is 3.90. The molecule has 166 valence electrons. The minimum absolute atomic E-state index is 0.133. The van der Waals surface area contributed by atoms with Gasteiger partial charge in [-0.15, -0.1) is 10.2 Å². The highest BCUT2D eigenvalue weighted by Crippen LogP contribution is 2.29. The Morgan fingerprint density at radius 1 is 1.09 bits per heavy atom. The van der Waals surface area contributed by atoms with E-state index in [4.69, 9.17) is 20.6 Å². The Morgan fingerprint density at radius 3 is 2.41 bits per heavy atom. The zero-order valence-electron chi connectivity index (χ0n) is 18.0. The second-order valence-corrected chi connectivity index (χ2v) is 8.34. The second kappa shape index (κ2) is 10.1. The minimum atomic E-state index is -0.487. The molecule has 9 heteroatoms. The Hall–Kier alpha value is -3.59. The van der Waals surface area contributed by atoms with Crippen LogP contribution in [0.1, 0.15) is 41.2 Å². The lowest BCUT2D eigenvalue weighted by Crippen LogP contribution is -2.14. The number of aromatic nitrogens is 2. The van der Waals surface area contributed by atoms with Crippen LogP contribution in [0.4, 0.5) is 0 Å². The van der Waals surface area contributed by atoms with Gasteiger partial charge in [-0.2, -0.15) is 0 Å². The summed E-state index contributed by atoms with van der Waals surface area (Å²) in [6.45, 7) is 3.63. The fourth-order valence-electron chi connectivity index (χ4n) is 3.06. The smallest absolute Gasteiger partial charge is 0.337 e. The summed E-state index contributed by atoms with van der Waals surface area (Å²) in [6, 6.07) is 12.6. The van der Waals surface area contributed by atoms with Crippen LogP contribution in [0.3, 0.4) is 0 Å².